The number of nitrogens with zero attached hydrogens (tertiary/aromatic N) is 1. The number of rotatable bonds is 11. The summed E-state index contributed by atoms with van der Waals surface area (Å²) in [6, 6.07) is 18.2. The highest BCUT2D eigenvalue weighted by Gasteiger charge is 2.36. The van der Waals surface area contributed by atoms with Crippen LogP contribution in [-0.4, -0.2) is 41.7 Å². The zero-order valence-electron chi connectivity index (χ0n) is 21.7. The number of thioether (sulfide) groups is 1. The van der Waals surface area contributed by atoms with Gasteiger partial charge in [-0.15, -0.1) is 0 Å². The topological polar surface area (TPSA) is 94.2 Å². The second kappa shape index (κ2) is 13.9. The summed E-state index contributed by atoms with van der Waals surface area (Å²) < 4.78 is 18.9. The quantitative estimate of drug-likeness (QED) is 0.212. The minimum atomic E-state index is -0.540. The Morgan fingerprint density at radius 3 is 2.33 bits per heavy atom. The number of carbonyl (C=O) groups is 3. The first-order valence-electron chi connectivity index (χ1n) is 12.4. The molecule has 40 heavy (non-hydrogen) atoms. The van der Waals surface area contributed by atoms with Crippen LogP contribution in [0.3, 0.4) is 0 Å². The summed E-state index contributed by atoms with van der Waals surface area (Å²) in [5, 5.41) is 2.18. The molecule has 3 amide bonds. The third-order valence-electron chi connectivity index (χ3n) is 5.55. The zero-order valence-corrected chi connectivity index (χ0v) is 25.7. The number of amides is 3. The van der Waals surface area contributed by atoms with Crippen molar-refractivity contribution in [1.29, 1.82) is 0 Å². The van der Waals surface area contributed by atoms with Crippen LogP contribution in [0.4, 0.5) is 10.5 Å². The summed E-state index contributed by atoms with van der Waals surface area (Å²) in [5.41, 5.74) is 2.16. The van der Waals surface area contributed by atoms with Gasteiger partial charge in [0.05, 0.1) is 22.6 Å². The highest BCUT2D eigenvalue weighted by Crippen LogP contribution is 2.39. The van der Waals surface area contributed by atoms with Crippen LogP contribution in [0.15, 0.2) is 74.5 Å². The van der Waals surface area contributed by atoms with Crippen molar-refractivity contribution in [2.24, 2.45) is 0 Å². The minimum absolute atomic E-state index is 0.205. The fourth-order valence-electron chi connectivity index (χ4n) is 3.74. The number of halogens is 2. The Labute approximate surface area is 253 Å². The molecule has 0 bridgehead atoms. The van der Waals surface area contributed by atoms with Crippen LogP contribution in [0, 0.1) is 0 Å². The molecule has 0 spiro atoms. The van der Waals surface area contributed by atoms with E-state index in [-0.39, 0.29) is 4.91 Å². The Morgan fingerprint density at radius 1 is 0.950 bits per heavy atom. The third kappa shape index (κ3) is 7.67. The van der Waals surface area contributed by atoms with E-state index < -0.39 is 23.6 Å². The Kier molecular flexibility index (Phi) is 10.3. The Morgan fingerprint density at radius 2 is 1.65 bits per heavy atom. The van der Waals surface area contributed by atoms with E-state index in [4.69, 9.17) is 14.2 Å². The van der Waals surface area contributed by atoms with Crippen molar-refractivity contribution in [2.45, 2.75) is 20.5 Å². The monoisotopic (exact) mass is 688 g/mol. The van der Waals surface area contributed by atoms with Gasteiger partial charge in [-0.05, 0) is 107 Å². The molecule has 1 fully saturated rings. The number of benzene rings is 3. The molecule has 1 heterocycles. The number of hydrogen-bond acceptors (Lipinski definition) is 7. The number of carbonyl (C=O) groups excluding carboxylic acids is 3. The van der Waals surface area contributed by atoms with Gasteiger partial charge in [-0.2, -0.15) is 0 Å². The molecule has 1 saturated heterocycles. The minimum Gasteiger partial charge on any atom is -0.494 e. The lowest BCUT2D eigenvalue weighted by Crippen LogP contribution is -2.36. The van der Waals surface area contributed by atoms with Crippen LogP contribution in [0.2, 0.25) is 0 Å². The first-order chi connectivity index (χ1) is 19.3. The standard InChI is InChI=1S/C29H26Br2N2O6S/c1-3-37-22-11-9-21(10-12-22)32-26(34)16-33-28(35)25(40-29(33)36)15-19-13-23(31)27(24(14-19)38-4-2)39-17-18-5-7-20(30)8-6-18/h5-15H,3-4,16-17H2,1-2H3,(H,32,34)/b25-15+. The smallest absolute Gasteiger partial charge is 0.294 e. The fraction of sp³-hybridized carbons (Fsp3) is 0.207. The molecule has 1 N–H and O–H groups in total. The SMILES string of the molecule is CCOc1ccc(NC(=O)CN2C(=O)S/C(=C/c3cc(Br)c(OCc4ccc(Br)cc4)c(OCC)c3)C2=O)cc1. The maximum absolute atomic E-state index is 13.0. The van der Waals surface area contributed by atoms with Gasteiger partial charge in [-0.25, -0.2) is 0 Å². The van der Waals surface area contributed by atoms with Gasteiger partial charge in [-0.1, -0.05) is 28.1 Å². The predicted molar refractivity (Wildman–Crippen MR) is 163 cm³/mol. The molecule has 0 aliphatic carbocycles. The van der Waals surface area contributed by atoms with Crippen LogP contribution < -0.4 is 19.5 Å². The van der Waals surface area contributed by atoms with E-state index in [1.807, 2.05) is 38.1 Å². The number of nitrogens with one attached hydrogen (secondary N) is 1. The van der Waals surface area contributed by atoms with E-state index in [1.54, 1.807) is 42.5 Å². The van der Waals surface area contributed by atoms with Gasteiger partial charge in [0.25, 0.3) is 11.1 Å². The van der Waals surface area contributed by atoms with Gasteiger partial charge >= 0.3 is 0 Å². The van der Waals surface area contributed by atoms with Gasteiger partial charge in [-0.3, -0.25) is 19.3 Å². The van der Waals surface area contributed by atoms with Crippen LogP contribution in [0.5, 0.6) is 17.2 Å². The van der Waals surface area contributed by atoms with Crippen LogP contribution in [-0.2, 0) is 16.2 Å². The molecule has 0 aromatic heterocycles. The number of imide groups is 1. The van der Waals surface area contributed by atoms with E-state index in [2.05, 4.69) is 37.2 Å². The largest absolute Gasteiger partial charge is 0.494 e. The number of ether oxygens (including phenoxy) is 3. The fourth-order valence-corrected chi connectivity index (χ4v) is 5.42. The first-order valence-corrected chi connectivity index (χ1v) is 14.8. The summed E-state index contributed by atoms with van der Waals surface area (Å²) in [6.45, 7) is 4.63. The van der Waals surface area contributed by atoms with Crippen molar-refractivity contribution in [3.05, 3.63) is 85.6 Å². The van der Waals surface area contributed by atoms with Crippen LogP contribution in [0.25, 0.3) is 6.08 Å². The van der Waals surface area contributed by atoms with Gasteiger partial charge in [0.15, 0.2) is 11.5 Å². The molecule has 11 heteroatoms. The zero-order chi connectivity index (χ0) is 28.6. The molecule has 3 aromatic rings. The molecular weight excluding hydrogens is 664 g/mol. The van der Waals surface area contributed by atoms with Crippen molar-refractivity contribution in [3.8, 4) is 17.2 Å². The molecule has 8 nitrogen and oxygen atoms in total. The van der Waals surface area contributed by atoms with E-state index in [0.717, 1.165) is 26.7 Å². The number of hydrogen-bond donors (Lipinski definition) is 1. The van der Waals surface area contributed by atoms with E-state index >= 15 is 0 Å². The highest BCUT2D eigenvalue weighted by molar-refractivity contribution is 9.10. The molecule has 0 radical (unpaired) electrons. The van der Waals surface area contributed by atoms with Gasteiger partial charge in [0, 0.05) is 10.2 Å². The van der Waals surface area contributed by atoms with Gasteiger partial charge in [0.1, 0.15) is 18.9 Å². The van der Waals surface area contributed by atoms with Crippen molar-refractivity contribution in [2.75, 3.05) is 25.1 Å². The molecule has 1 aliphatic heterocycles. The van der Waals surface area contributed by atoms with Crippen LogP contribution >= 0.6 is 43.6 Å². The predicted octanol–water partition coefficient (Wildman–Crippen LogP) is 7.26. The molecular formula is C29H26Br2N2O6S. The molecule has 0 atom stereocenters. The van der Waals surface area contributed by atoms with E-state index in [9.17, 15) is 14.4 Å². The van der Waals surface area contributed by atoms with Crippen LogP contribution in [0.1, 0.15) is 25.0 Å². The summed E-state index contributed by atoms with van der Waals surface area (Å²) in [6.07, 6.45) is 1.60. The highest BCUT2D eigenvalue weighted by atomic mass is 79.9. The summed E-state index contributed by atoms with van der Waals surface area (Å²) in [4.78, 5) is 39.3. The maximum atomic E-state index is 13.0. The Balaban J connectivity index is 1.45. The first kappa shape index (κ1) is 29.7. The molecule has 0 saturated carbocycles. The maximum Gasteiger partial charge on any atom is 0.294 e. The lowest BCUT2D eigenvalue weighted by Gasteiger charge is -2.15. The Bertz CT molecular complexity index is 1430. The lowest BCUT2D eigenvalue weighted by atomic mass is 10.1. The summed E-state index contributed by atoms with van der Waals surface area (Å²) >= 11 is 7.75. The second-order valence-electron chi connectivity index (χ2n) is 8.45. The Hall–Kier alpha value is -3.28. The van der Waals surface area contributed by atoms with Crippen molar-refractivity contribution < 1.29 is 28.6 Å². The normalized spacial score (nSPS) is 14.0. The molecule has 1 aliphatic rings. The lowest BCUT2D eigenvalue weighted by molar-refractivity contribution is -0.127. The van der Waals surface area contributed by atoms with Crippen molar-refractivity contribution in [3.63, 3.8) is 0 Å². The average Bonchev–Trinajstić information content (AvgIpc) is 3.18. The second-order valence-corrected chi connectivity index (χ2v) is 11.2. The summed E-state index contributed by atoms with van der Waals surface area (Å²) in [7, 11) is 0. The average molecular weight is 690 g/mol. The molecule has 3 aromatic carbocycles. The van der Waals surface area contributed by atoms with E-state index in [1.165, 1.54) is 0 Å². The summed E-state index contributed by atoms with van der Waals surface area (Å²) in [5.74, 6) is 0.679. The molecule has 0 unspecified atom stereocenters. The van der Waals surface area contributed by atoms with E-state index in [0.29, 0.717) is 52.8 Å². The molecule has 208 valence electrons. The van der Waals surface area contributed by atoms with Crippen molar-refractivity contribution >= 4 is 72.4 Å². The molecule has 4 rings (SSSR count). The van der Waals surface area contributed by atoms with Gasteiger partial charge < -0.3 is 19.5 Å². The van der Waals surface area contributed by atoms with Gasteiger partial charge in [0.2, 0.25) is 5.91 Å². The van der Waals surface area contributed by atoms with Crippen molar-refractivity contribution in [1.82, 2.24) is 4.90 Å². The third-order valence-corrected chi connectivity index (χ3v) is 7.58. The number of anilines is 1.